The summed E-state index contributed by atoms with van der Waals surface area (Å²) in [5.41, 5.74) is 4.70. The Morgan fingerprint density at radius 1 is 0.964 bits per heavy atom. The zero-order chi connectivity index (χ0) is 19.1. The van der Waals surface area contributed by atoms with Crippen molar-refractivity contribution < 1.29 is 0 Å². The first kappa shape index (κ1) is 17.3. The molecule has 1 N–H and O–H groups in total. The monoisotopic (exact) mass is 402 g/mol. The molecule has 1 aliphatic rings. The average Bonchev–Trinajstić information content (AvgIpc) is 3.12. The molecule has 0 atom stereocenters. The fourth-order valence-corrected chi connectivity index (χ4v) is 4.77. The molecule has 5 rings (SSSR count). The third kappa shape index (κ3) is 3.05. The van der Waals surface area contributed by atoms with Crippen molar-refractivity contribution in [1.29, 1.82) is 0 Å². The van der Waals surface area contributed by atoms with Crippen LogP contribution in [0.15, 0.2) is 87.5 Å². The van der Waals surface area contributed by atoms with Gasteiger partial charge >= 0.3 is 0 Å². The van der Waals surface area contributed by atoms with E-state index in [2.05, 4.69) is 11.1 Å². The van der Waals surface area contributed by atoms with Crippen LogP contribution in [0.4, 0.5) is 5.69 Å². The largest absolute Gasteiger partial charge is 0.321 e. The van der Waals surface area contributed by atoms with Crippen molar-refractivity contribution >= 4 is 45.0 Å². The van der Waals surface area contributed by atoms with Gasteiger partial charge in [-0.1, -0.05) is 71.9 Å². The van der Waals surface area contributed by atoms with Gasteiger partial charge in [0.1, 0.15) is 0 Å². The number of hydrogen-bond donors (Lipinski definition) is 1. The van der Waals surface area contributed by atoms with Crippen molar-refractivity contribution in [2.45, 2.75) is 11.3 Å². The molecule has 136 valence electrons. The molecule has 3 nitrogen and oxygen atoms in total. The number of H-pyrrole nitrogens is 1. The molecule has 28 heavy (non-hydrogen) atoms. The highest BCUT2D eigenvalue weighted by atomic mass is 35.5. The van der Waals surface area contributed by atoms with Crippen LogP contribution in [0, 0.1) is 0 Å². The van der Waals surface area contributed by atoms with Crippen molar-refractivity contribution in [3.05, 3.63) is 93.7 Å². The molecule has 0 saturated carbocycles. The Bertz CT molecular complexity index is 1300. The Morgan fingerprint density at radius 2 is 1.75 bits per heavy atom. The van der Waals surface area contributed by atoms with E-state index in [9.17, 15) is 4.79 Å². The number of aromatic amines is 1. The summed E-state index contributed by atoms with van der Waals surface area (Å²) in [4.78, 5) is 21.4. The van der Waals surface area contributed by atoms with E-state index in [0.29, 0.717) is 9.92 Å². The first-order valence-electron chi connectivity index (χ1n) is 8.93. The zero-order valence-corrected chi connectivity index (χ0v) is 16.3. The van der Waals surface area contributed by atoms with Crippen LogP contribution in [0.3, 0.4) is 0 Å². The van der Waals surface area contributed by atoms with E-state index in [0.717, 1.165) is 39.2 Å². The summed E-state index contributed by atoms with van der Waals surface area (Å²) in [5, 5.41) is 2.49. The molecule has 0 saturated heterocycles. The summed E-state index contributed by atoms with van der Waals surface area (Å²) in [5.74, 6) is 0. The minimum Gasteiger partial charge on any atom is -0.321 e. The van der Waals surface area contributed by atoms with E-state index < -0.39 is 0 Å². The van der Waals surface area contributed by atoms with Crippen LogP contribution in [-0.4, -0.2) is 10.0 Å². The fourth-order valence-electron chi connectivity index (χ4n) is 3.52. The van der Waals surface area contributed by atoms with Gasteiger partial charge in [-0.2, -0.15) is 0 Å². The van der Waals surface area contributed by atoms with Crippen molar-refractivity contribution in [2.75, 3.05) is 0 Å². The Labute approximate surface area is 171 Å². The minimum absolute atomic E-state index is 0.114. The van der Waals surface area contributed by atoms with Gasteiger partial charge in [-0.3, -0.25) is 4.79 Å². The lowest BCUT2D eigenvalue weighted by Gasteiger charge is -2.13. The maximum absolute atomic E-state index is 13.0. The predicted octanol–water partition coefficient (Wildman–Crippen LogP) is 6.23. The maximum atomic E-state index is 13.0. The van der Waals surface area contributed by atoms with Crippen molar-refractivity contribution in [3.8, 4) is 11.1 Å². The molecular weight excluding hydrogens is 388 g/mol. The molecule has 2 heterocycles. The second-order valence-corrected chi connectivity index (χ2v) is 8.15. The molecular formula is C23H15ClN2OS. The number of nitrogens with one attached hydrogen (secondary N) is 1. The molecule has 3 aromatic carbocycles. The molecule has 0 fully saturated rings. The molecule has 0 spiro atoms. The number of thioether (sulfide) groups is 1. The number of aromatic nitrogens is 1. The lowest BCUT2D eigenvalue weighted by atomic mass is 10.0. The second-order valence-electron chi connectivity index (χ2n) is 6.63. The lowest BCUT2D eigenvalue weighted by Crippen LogP contribution is -2.12. The maximum Gasteiger partial charge on any atom is 0.263 e. The van der Waals surface area contributed by atoms with Crippen LogP contribution in [-0.2, 0) is 6.42 Å². The summed E-state index contributed by atoms with van der Waals surface area (Å²) < 4.78 is 0. The highest BCUT2D eigenvalue weighted by molar-refractivity contribution is 8.14. The van der Waals surface area contributed by atoms with Gasteiger partial charge in [0.25, 0.3) is 5.56 Å². The van der Waals surface area contributed by atoms with Gasteiger partial charge in [-0.15, -0.1) is 0 Å². The fraction of sp³-hybridized carbons (Fsp3) is 0.0435. The average molecular weight is 403 g/mol. The number of pyridine rings is 1. The van der Waals surface area contributed by atoms with Crippen LogP contribution in [0.5, 0.6) is 0 Å². The molecule has 5 heteroatoms. The molecule has 0 aliphatic carbocycles. The van der Waals surface area contributed by atoms with Crippen molar-refractivity contribution in [2.24, 2.45) is 4.99 Å². The number of halogens is 1. The topological polar surface area (TPSA) is 45.2 Å². The van der Waals surface area contributed by atoms with Crippen molar-refractivity contribution in [1.82, 2.24) is 4.98 Å². The lowest BCUT2D eigenvalue weighted by molar-refractivity contribution is 1.20. The second kappa shape index (κ2) is 6.97. The molecule has 0 bridgehead atoms. The molecule has 0 radical (unpaired) electrons. The van der Waals surface area contributed by atoms with E-state index in [1.807, 2.05) is 60.7 Å². The first-order valence-corrected chi connectivity index (χ1v) is 10.1. The van der Waals surface area contributed by atoms with Gasteiger partial charge in [-0.25, -0.2) is 4.99 Å². The molecule has 0 amide bonds. The Morgan fingerprint density at radius 3 is 2.57 bits per heavy atom. The highest BCUT2D eigenvalue weighted by Crippen LogP contribution is 2.39. The summed E-state index contributed by atoms with van der Waals surface area (Å²) >= 11 is 7.72. The summed E-state index contributed by atoms with van der Waals surface area (Å²) in [6.45, 7) is 0. The standard InChI is InChI=1S/C23H15ClN2OS/c24-16-10-11-19-17(13-16)21(14-6-2-1-3-7-14)22(23(27)26-19)28-20-12-15-8-4-5-9-18(15)25-20/h1-11,13H,12H2,(H,26,27). The van der Waals surface area contributed by atoms with Crippen molar-refractivity contribution in [3.63, 3.8) is 0 Å². The van der Waals surface area contributed by atoms with Crippen LogP contribution in [0.25, 0.3) is 22.0 Å². The van der Waals surface area contributed by atoms with E-state index in [4.69, 9.17) is 16.6 Å². The zero-order valence-electron chi connectivity index (χ0n) is 14.8. The van der Waals surface area contributed by atoms with Crippen LogP contribution < -0.4 is 5.56 Å². The third-order valence-corrected chi connectivity index (χ3v) is 6.09. The summed E-state index contributed by atoms with van der Waals surface area (Å²) in [7, 11) is 0. The number of hydrogen-bond acceptors (Lipinski definition) is 3. The van der Waals surface area contributed by atoms with E-state index in [-0.39, 0.29) is 5.56 Å². The predicted molar refractivity (Wildman–Crippen MR) is 118 cm³/mol. The van der Waals surface area contributed by atoms with E-state index in [1.165, 1.54) is 17.3 Å². The normalized spacial score (nSPS) is 12.8. The number of para-hydroxylation sites is 1. The van der Waals surface area contributed by atoms with Gasteiger partial charge in [0, 0.05) is 27.9 Å². The van der Waals surface area contributed by atoms with Gasteiger partial charge in [0.15, 0.2) is 0 Å². The number of benzene rings is 3. The van der Waals surface area contributed by atoms with Gasteiger partial charge in [0.05, 0.1) is 15.6 Å². The van der Waals surface area contributed by atoms with Gasteiger partial charge < -0.3 is 4.98 Å². The SMILES string of the molecule is O=c1[nH]c2ccc(Cl)cc2c(-c2ccccc2)c1SC1=Nc2ccccc2C1. The molecule has 0 unspecified atom stereocenters. The van der Waals surface area contributed by atoms with E-state index >= 15 is 0 Å². The number of aliphatic imine (C=N–C) groups is 1. The number of fused-ring (bicyclic) bond motifs is 2. The Balaban J connectivity index is 1.71. The smallest absolute Gasteiger partial charge is 0.263 e. The Hall–Kier alpha value is -2.82. The molecule has 1 aliphatic heterocycles. The first-order chi connectivity index (χ1) is 13.7. The van der Waals surface area contributed by atoms with Gasteiger partial charge in [-0.05, 0) is 35.4 Å². The highest BCUT2D eigenvalue weighted by Gasteiger charge is 2.21. The third-order valence-electron chi connectivity index (χ3n) is 4.79. The minimum atomic E-state index is -0.114. The quantitative estimate of drug-likeness (QED) is 0.432. The summed E-state index contributed by atoms with van der Waals surface area (Å²) in [6, 6.07) is 23.6. The van der Waals surface area contributed by atoms with E-state index in [1.54, 1.807) is 6.07 Å². The Kier molecular flexibility index (Phi) is 4.30. The van der Waals surface area contributed by atoms with Crippen LogP contribution in [0.1, 0.15) is 5.56 Å². The van der Waals surface area contributed by atoms with Crippen LogP contribution >= 0.6 is 23.4 Å². The van der Waals surface area contributed by atoms with Gasteiger partial charge in [0.2, 0.25) is 0 Å². The molecule has 1 aromatic heterocycles. The summed E-state index contributed by atoms with van der Waals surface area (Å²) in [6.07, 6.45) is 0.738. The molecule has 4 aromatic rings. The van der Waals surface area contributed by atoms with Crippen LogP contribution in [0.2, 0.25) is 5.02 Å². The number of nitrogens with zero attached hydrogens (tertiary/aromatic N) is 1. The number of rotatable bonds is 2.